The molecule has 1 aromatic carbocycles. The van der Waals surface area contributed by atoms with E-state index in [1.807, 2.05) is 24.3 Å². The highest BCUT2D eigenvalue weighted by Crippen LogP contribution is 2.21. The van der Waals surface area contributed by atoms with Crippen LogP contribution in [0.5, 0.6) is 0 Å². The lowest BCUT2D eigenvalue weighted by Gasteiger charge is -2.16. The molecule has 8 nitrogen and oxygen atoms in total. The maximum Gasteiger partial charge on any atom is 0.346 e. The van der Waals surface area contributed by atoms with E-state index < -0.39 is 0 Å². The number of fused-ring (bicyclic) bond motifs is 1. The summed E-state index contributed by atoms with van der Waals surface area (Å²) in [6.45, 7) is 1.74. The lowest BCUT2D eigenvalue weighted by molar-refractivity contribution is -0.122. The van der Waals surface area contributed by atoms with Crippen molar-refractivity contribution in [1.82, 2.24) is 19.7 Å². The summed E-state index contributed by atoms with van der Waals surface area (Å²) in [5.74, 6) is 0.696. The number of anilines is 1. The molecule has 148 valence electrons. The zero-order chi connectivity index (χ0) is 19.5. The van der Waals surface area contributed by atoms with Gasteiger partial charge >= 0.3 is 5.69 Å². The van der Waals surface area contributed by atoms with Crippen LogP contribution in [0.25, 0.3) is 0 Å². The van der Waals surface area contributed by atoms with Crippen LogP contribution in [0.15, 0.2) is 29.1 Å². The molecule has 0 spiro atoms. The van der Waals surface area contributed by atoms with Gasteiger partial charge in [0.15, 0.2) is 0 Å². The third kappa shape index (κ3) is 3.85. The first-order chi connectivity index (χ1) is 13.6. The maximum absolute atomic E-state index is 12.4. The van der Waals surface area contributed by atoms with Gasteiger partial charge in [-0.25, -0.2) is 9.48 Å². The molecule has 1 aromatic heterocycles. The number of nitrogens with zero attached hydrogens (tertiary/aromatic N) is 4. The van der Waals surface area contributed by atoms with E-state index in [0.29, 0.717) is 19.5 Å². The highest BCUT2D eigenvalue weighted by Gasteiger charge is 2.21. The van der Waals surface area contributed by atoms with Crippen LogP contribution in [0.1, 0.15) is 43.5 Å². The number of aromatic nitrogens is 3. The van der Waals surface area contributed by atoms with E-state index in [-0.39, 0.29) is 24.0 Å². The molecule has 0 atom stereocenters. The van der Waals surface area contributed by atoms with Crippen LogP contribution in [0.2, 0.25) is 0 Å². The van der Waals surface area contributed by atoms with Gasteiger partial charge in [-0.15, -0.1) is 0 Å². The van der Waals surface area contributed by atoms with Gasteiger partial charge in [-0.1, -0.05) is 18.6 Å². The Morgan fingerprint density at radius 1 is 1.00 bits per heavy atom. The molecule has 8 heteroatoms. The summed E-state index contributed by atoms with van der Waals surface area (Å²) in [5, 5.41) is 7.17. The summed E-state index contributed by atoms with van der Waals surface area (Å²) in [7, 11) is 0. The van der Waals surface area contributed by atoms with Gasteiger partial charge in [0.1, 0.15) is 12.4 Å². The van der Waals surface area contributed by atoms with Crippen LogP contribution in [-0.2, 0) is 35.6 Å². The highest BCUT2D eigenvalue weighted by molar-refractivity contribution is 5.95. The van der Waals surface area contributed by atoms with Crippen LogP contribution in [0.3, 0.4) is 0 Å². The predicted octanol–water partition coefficient (Wildman–Crippen LogP) is 1.21. The van der Waals surface area contributed by atoms with Gasteiger partial charge in [0.05, 0.1) is 0 Å². The van der Waals surface area contributed by atoms with Crippen molar-refractivity contribution in [3.63, 3.8) is 0 Å². The molecule has 2 aromatic rings. The van der Waals surface area contributed by atoms with Crippen LogP contribution in [0, 0.1) is 0 Å². The monoisotopic (exact) mass is 383 g/mol. The molecule has 3 heterocycles. The van der Waals surface area contributed by atoms with E-state index >= 15 is 0 Å². The second-order valence-electron chi connectivity index (χ2n) is 7.41. The van der Waals surface area contributed by atoms with Crippen molar-refractivity contribution in [3.05, 3.63) is 46.1 Å². The summed E-state index contributed by atoms with van der Waals surface area (Å²) >= 11 is 0. The normalized spacial score (nSPS) is 16.7. The summed E-state index contributed by atoms with van der Waals surface area (Å²) in [4.78, 5) is 38.3. The number of carbonyl (C=O) groups is 2. The Kier molecular flexibility index (Phi) is 5.27. The van der Waals surface area contributed by atoms with Crippen LogP contribution in [0.4, 0.5) is 5.69 Å². The Labute approximate surface area is 163 Å². The highest BCUT2D eigenvalue weighted by atomic mass is 16.2. The number of hydrogen-bond acceptors (Lipinski definition) is 4. The first-order valence-electron chi connectivity index (χ1n) is 9.94. The molecule has 0 aliphatic carbocycles. The maximum atomic E-state index is 12.4. The fraction of sp³-hybridized carbons (Fsp3) is 0.500. The molecule has 1 N–H and O–H groups in total. The summed E-state index contributed by atoms with van der Waals surface area (Å²) < 4.78 is 2.96. The number of aryl methyl sites for hydroxylation is 1. The zero-order valence-electron chi connectivity index (χ0n) is 15.9. The third-order valence-corrected chi connectivity index (χ3v) is 5.39. The fourth-order valence-corrected chi connectivity index (χ4v) is 3.84. The Morgan fingerprint density at radius 2 is 1.82 bits per heavy atom. The minimum absolute atomic E-state index is 0.0702. The molecule has 28 heavy (non-hydrogen) atoms. The quantitative estimate of drug-likeness (QED) is 0.841. The summed E-state index contributed by atoms with van der Waals surface area (Å²) in [5.41, 5.74) is 1.63. The molecule has 2 aliphatic rings. The van der Waals surface area contributed by atoms with Crippen LogP contribution < -0.4 is 15.9 Å². The zero-order valence-corrected chi connectivity index (χ0v) is 15.9. The van der Waals surface area contributed by atoms with Crippen molar-refractivity contribution >= 4 is 17.5 Å². The Balaban J connectivity index is 1.33. The standard InChI is InChI=1S/C20H25N5O3/c26-18(14-25-20(28)24-11-3-1-2-5-17(24)22-25)21-13-15-7-9-16(10-8-15)23-12-4-6-19(23)27/h7-10H,1-6,11-14H2,(H,21,26). The Bertz CT molecular complexity index is 928. The van der Waals surface area contributed by atoms with E-state index in [1.165, 1.54) is 4.68 Å². The molecule has 1 saturated heterocycles. The van der Waals surface area contributed by atoms with Gasteiger partial charge < -0.3 is 10.2 Å². The summed E-state index contributed by atoms with van der Waals surface area (Å²) in [6, 6.07) is 7.63. The third-order valence-electron chi connectivity index (χ3n) is 5.39. The molecule has 0 unspecified atom stereocenters. The van der Waals surface area contributed by atoms with Crippen LogP contribution in [-0.4, -0.2) is 32.7 Å². The van der Waals surface area contributed by atoms with Crippen molar-refractivity contribution in [2.45, 2.75) is 58.2 Å². The minimum Gasteiger partial charge on any atom is -0.350 e. The SMILES string of the molecule is O=C(Cn1nc2n(c1=O)CCCCC2)NCc1ccc(N2CCCC2=O)cc1. The smallest absolute Gasteiger partial charge is 0.346 e. The van der Waals surface area contributed by atoms with Gasteiger partial charge in [0.2, 0.25) is 11.8 Å². The van der Waals surface area contributed by atoms with E-state index in [0.717, 1.165) is 55.7 Å². The van der Waals surface area contributed by atoms with Crippen molar-refractivity contribution in [2.24, 2.45) is 0 Å². The van der Waals surface area contributed by atoms with Gasteiger partial charge in [-0.05, 0) is 37.0 Å². The first kappa shape index (κ1) is 18.5. The molecule has 0 radical (unpaired) electrons. The van der Waals surface area contributed by atoms with Crippen molar-refractivity contribution in [1.29, 1.82) is 0 Å². The van der Waals surface area contributed by atoms with Gasteiger partial charge in [0, 0.05) is 38.2 Å². The number of amides is 2. The minimum atomic E-state index is -0.242. The van der Waals surface area contributed by atoms with Crippen molar-refractivity contribution in [3.8, 4) is 0 Å². The molecule has 1 fully saturated rings. The van der Waals surface area contributed by atoms with Gasteiger partial charge in [-0.2, -0.15) is 5.10 Å². The van der Waals surface area contributed by atoms with Crippen molar-refractivity contribution in [2.75, 3.05) is 11.4 Å². The number of carbonyl (C=O) groups excluding carboxylic acids is 2. The molecule has 2 aliphatic heterocycles. The van der Waals surface area contributed by atoms with Gasteiger partial charge in [0.25, 0.3) is 0 Å². The summed E-state index contributed by atoms with van der Waals surface area (Å²) in [6.07, 6.45) is 5.40. The topological polar surface area (TPSA) is 89.2 Å². The van der Waals surface area contributed by atoms with E-state index in [1.54, 1.807) is 9.47 Å². The predicted molar refractivity (Wildman–Crippen MR) is 104 cm³/mol. The fourth-order valence-electron chi connectivity index (χ4n) is 3.84. The second kappa shape index (κ2) is 8.00. The average molecular weight is 383 g/mol. The Hall–Kier alpha value is -2.90. The van der Waals surface area contributed by atoms with Crippen molar-refractivity contribution < 1.29 is 9.59 Å². The molecular formula is C20H25N5O3. The van der Waals surface area contributed by atoms with E-state index in [4.69, 9.17) is 0 Å². The largest absolute Gasteiger partial charge is 0.350 e. The van der Waals surface area contributed by atoms with Crippen LogP contribution >= 0.6 is 0 Å². The number of benzene rings is 1. The number of rotatable bonds is 5. The molecule has 0 bridgehead atoms. The van der Waals surface area contributed by atoms with E-state index in [9.17, 15) is 14.4 Å². The average Bonchev–Trinajstić information content (AvgIpc) is 3.15. The lowest BCUT2D eigenvalue weighted by Crippen LogP contribution is -2.33. The molecule has 2 amide bonds. The molecular weight excluding hydrogens is 358 g/mol. The number of hydrogen-bond donors (Lipinski definition) is 1. The Morgan fingerprint density at radius 3 is 2.57 bits per heavy atom. The molecule has 4 rings (SSSR count). The first-order valence-corrected chi connectivity index (χ1v) is 9.94. The van der Waals surface area contributed by atoms with E-state index in [2.05, 4.69) is 10.4 Å². The molecule has 0 saturated carbocycles. The van der Waals surface area contributed by atoms with Gasteiger partial charge in [-0.3, -0.25) is 14.2 Å². The second-order valence-corrected chi connectivity index (χ2v) is 7.41. The lowest BCUT2D eigenvalue weighted by atomic mass is 10.2. The number of nitrogens with one attached hydrogen (secondary N) is 1.